The lowest BCUT2D eigenvalue weighted by molar-refractivity contribution is 0.00690. The van der Waals surface area contributed by atoms with Crippen LogP contribution in [0.3, 0.4) is 0 Å². The molecule has 1 aromatic rings. The van der Waals surface area contributed by atoms with Gasteiger partial charge >= 0.3 is 5.97 Å². The Morgan fingerprint density at radius 3 is 2.73 bits per heavy atom. The van der Waals surface area contributed by atoms with Crippen molar-refractivity contribution in [1.29, 1.82) is 0 Å². The minimum absolute atomic E-state index is 0.242. The summed E-state index contributed by atoms with van der Waals surface area (Å²) in [6, 6.07) is 1.81. The van der Waals surface area contributed by atoms with E-state index in [4.69, 9.17) is 4.74 Å². The molecule has 1 rings (SSSR count). The predicted octanol–water partition coefficient (Wildman–Crippen LogP) is 2.42. The van der Waals surface area contributed by atoms with Gasteiger partial charge in [0.2, 0.25) is 0 Å². The van der Waals surface area contributed by atoms with E-state index in [0.29, 0.717) is 12.1 Å². The van der Waals surface area contributed by atoms with E-state index >= 15 is 0 Å². The van der Waals surface area contributed by atoms with Crippen molar-refractivity contribution in [1.82, 2.24) is 5.32 Å². The summed E-state index contributed by atoms with van der Waals surface area (Å²) in [5.74, 6) is -0.242. The Kier molecular flexibility index (Phi) is 3.88. The molecule has 0 aromatic carbocycles. The summed E-state index contributed by atoms with van der Waals surface area (Å²) in [7, 11) is 1.86. The lowest BCUT2D eigenvalue weighted by atomic mass is 10.2. The first kappa shape index (κ1) is 12.2. The fraction of sp³-hybridized carbons (Fsp3) is 0.545. The zero-order valence-corrected chi connectivity index (χ0v) is 10.4. The third kappa shape index (κ3) is 3.64. The molecule has 0 unspecified atom stereocenters. The van der Waals surface area contributed by atoms with E-state index in [1.807, 2.05) is 39.3 Å². The molecule has 1 N–H and O–H groups in total. The SMILES string of the molecule is CNCc1sccc1C(=O)OC(C)(C)C. The highest BCUT2D eigenvalue weighted by atomic mass is 32.1. The minimum Gasteiger partial charge on any atom is -0.456 e. The van der Waals surface area contributed by atoms with E-state index in [2.05, 4.69) is 5.32 Å². The maximum absolute atomic E-state index is 11.8. The normalized spacial score (nSPS) is 11.5. The summed E-state index contributed by atoms with van der Waals surface area (Å²) in [6.07, 6.45) is 0. The van der Waals surface area contributed by atoms with Gasteiger partial charge in [0, 0.05) is 11.4 Å². The first-order valence-electron chi connectivity index (χ1n) is 4.88. The molecule has 0 fully saturated rings. The van der Waals surface area contributed by atoms with Crippen LogP contribution in [-0.2, 0) is 11.3 Å². The van der Waals surface area contributed by atoms with Crippen LogP contribution in [0.1, 0.15) is 36.0 Å². The van der Waals surface area contributed by atoms with Crippen LogP contribution >= 0.6 is 11.3 Å². The van der Waals surface area contributed by atoms with Gasteiger partial charge < -0.3 is 10.1 Å². The second-order valence-electron chi connectivity index (χ2n) is 4.29. The fourth-order valence-electron chi connectivity index (χ4n) is 1.15. The largest absolute Gasteiger partial charge is 0.456 e. The summed E-state index contributed by atoms with van der Waals surface area (Å²) in [6.45, 7) is 6.31. The third-order valence-corrected chi connectivity index (χ3v) is 2.62. The van der Waals surface area contributed by atoms with E-state index in [0.717, 1.165) is 4.88 Å². The van der Waals surface area contributed by atoms with Crippen molar-refractivity contribution in [3.05, 3.63) is 21.9 Å². The summed E-state index contributed by atoms with van der Waals surface area (Å²) in [5.41, 5.74) is 0.236. The molecule has 0 aliphatic rings. The molecule has 0 saturated carbocycles. The molecular formula is C11H17NO2S. The average molecular weight is 227 g/mol. The number of ether oxygens (including phenoxy) is 1. The van der Waals surface area contributed by atoms with Gasteiger partial charge in [0.1, 0.15) is 5.60 Å². The molecule has 84 valence electrons. The molecule has 0 atom stereocenters. The van der Waals surface area contributed by atoms with Gasteiger partial charge in [-0.1, -0.05) is 0 Å². The molecule has 0 spiro atoms. The van der Waals surface area contributed by atoms with Crippen LogP contribution in [0, 0.1) is 0 Å². The van der Waals surface area contributed by atoms with Crippen LogP contribution in [0.15, 0.2) is 11.4 Å². The van der Waals surface area contributed by atoms with Gasteiger partial charge in [0.05, 0.1) is 5.56 Å². The zero-order valence-electron chi connectivity index (χ0n) is 9.59. The van der Waals surface area contributed by atoms with Gasteiger partial charge in [-0.05, 0) is 39.3 Å². The summed E-state index contributed by atoms with van der Waals surface area (Å²) >= 11 is 1.57. The Hall–Kier alpha value is -0.870. The van der Waals surface area contributed by atoms with Gasteiger partial charge in [0.25, 0.3) is 0 Å². The lowest BCUT2D eigenvalue weighted by Gasteiger charge is -2.19. The van der Waals surface area contributed by atoms with E-state index < -0.39 is 5.60 Å². The molecule has 3 nitrogen and oxygen atoms in total. The zero-order chi connectivity index (χ0) is 11.5. The molecular weight excluding hydrogens is 210 g/mol. The standard InChI is InChI=1S/C11H17NO2S/c1-11(2,3)14-10(13)8-5-6-15-9(8)7-12-4/h5-6,12H,7H2,1-4H3. The molecule has 1 aromatic heterocycles. The summed E-state index contributed by atoms with van der Waals surface area (Å²) in [5, 5.41) is 4.94. The van der Waals surface area contributed by atoms with Crippen LogP contribution in [0.25, 0.3) is 0 Å². The maximum Gasteiger partial charge on any atom is 0.339 e. The predicted molar refractivity (Wildman–Crippen MR) is 62.3 cm³/mol. The molecule has 0 aliphatic carbocycles. The molecule has 4 heteroatoms. The van der Waals surface area contributed by atoms with E-state index in [9.17, 15) is 4.79 Å². The van der Waals surface area contributed by atoms with Gasteiger partial charge in [-0.3, -0.25) is 0 Å². The van der Waals surface area contributed by atoms with Crippen molar-refractivity contribution in [3.63, 3.8) is 0 Å². The molecule has 0 bridgehead atoms. The average Bonchev–Trinajstić information content (AvgIpc) is 2.49. The Labute approximate surface area is 94.5 Å². The maximum atomic E-state index is 11.8. The highest BCUT2D eigenvalue weighted by molar-refractivity contribution is 7.10. The second-order valence-corrected chi connectivity index (χ2v) is 5.29. The Balaban J connectivity index is 2.77. The highest BCUT2D eigenvalue weighted by Crippen LogP contribution is 2.20. The van der Waals surface area contributed by atoms with Gasteiger partial charge in [0.15, 0.2) is 0 Å². The number of thiophene rings is 1. The van der Waals surface area contributed by atoms with Crippen molar-refractivity contribution < 1.29 is 9.53 Å². The Morgan fingerprint density at radius 2 is 2.20 bits per heavy atom. The molecule has 1 heterocycles. The first-order valence-corrected chi connectivity index (χ1v) is 5.76. The smallest absolute Gasteiger partial charge is 0.339 e. The van der Waals surface area contributed by atoms with Crippen molar-refractivity contribution in [2.45, 2.75) is 32.9 Å². The van der Waals surface area contributed by atoms with Crippen molar-refractivity contribution in [2.24, 2.45) is 0 Å². The van der Waals surface area contributed by atoms with Crippen molar-refractivity contribution in [2.75, 3.05) is 7.05 Å². The van der Waals surface area contributed by atoms with Crippen LogP contribution in [0.5, 0.6) is 0 Å². The van der Waals surface area contributed by atoms with E-state index in [1.165, 1.54) is 0 Å². The van der Waals surface area contributed by atoms with Gasteiger partial charge in [-0.25, -0.2) is 4.79 Å². The number of carbonyl (C=O) groups is 1. The molecule has 15 heavy (non-hydrogen) atoms. The van der Waals surface area contributed by atoms with Crippen molar-refractivity contribution in [3.8, 4) is 0 Å². The second kappa shape index (κ2) is 4.77. The highest BCUT2D eigenvalue weighted by Gasteiger charge is 2.20. The third-order valence-electron chi connectivity index (χ3n) is 1.70. The number of nitrogens with one attached hydrogen (secondary N) is 1. The number of esters is 1. The molecule has 0 amide bonds. The Bertz CT molecular complexity index is 339. The van der Waals surface area contributed by atoms with Crippen LogP contribution in [-0.4, -0.2) is 18.6 Å². The number of rotatable bonds is 3. The van der Waals surface area contributed by atoms with Gasteiger partial charge in [-0.15, -0.1) is 11.3 Å². The number of hydrogen-bond acceptors (Lipinski definition) is 4. The molecule has 0 radical (unpaired) electrons. The number of carbonyl (C=O) groups excluding carboxylic acids is 1. The summed E-state index contributed by atoms with van der Waals surface area (Å²) < 4.78 is 5.31. The molecule has 0 aliphatic heterocycles. The first-order chi connectivity index (χ1) is 6.94. The molecule has 0 saturated heterocycles. The summed E-state index contributed by atoms with van der Waals surface area (Å²) in [4.78, 5) is 12.8. The van der Waals surface area contributed by atoms with Crippen molar-refractivity contribution >= 4 is 17.3 Å². The monoisotopic (exact) mass is 227 g/mol. The number of hydrogen-bond donors (Lipinski definition) is 1. The van der Waals surface area contributed by atoms with E-state index in [-0.39, 0.29) is 5.97 Å². The van der Waals surface area contributed by atoms with E-state index in [1.54, 1.807) is 11.3 Å². The quantitative estimate of drug-likeness (QED) is 0.806. The minimum atomic E-state index is -0.435. The van der Waals surface area contributed by atoms with Gasteiger partial charge in [-0.2, -0.15) is 0 Å². The van der Waals surface area contributed by atoms with Crippen LogP contribution < -0.4 is 5.32 Å². The van der Waals surface area contributed by atoms with Crippen LogP contribution in [0.4, 0.5) is 0 Å². The lowest BCUT2D eigenvalue weighted by Crippen LogP contribution is -2.24. The van der Waals surface area contributed by atoms with Crippen LogP contribution in [0.2, 0.25) is 0 Å². The fourth-order valence-corrected chi connectivity index (χ4v) is 2.03. The Morgan fingerprint density at radius 1 is 1.53 bits per heavy atom. The topological polar surface area (TPSA) is 38.3 Å².